The van der Waals surface area contributed by atoms with Crippen molar-refractivity contribution in [1.29, 1.82) is 0 Å². The van der Waals surface area contributed by atoms with Crippen molar-refractivity contribution in [2.24, 2.45) is 11.8 Å². The molecule has 2 aliphatic rings. The summed E-state index contributed by atoms with van der Waals surface area (Å²) in [6.07, 6.45) is 5.57. The first-order valence-electron chi connectivity index (χ1n) is 11.2. The third kappa shape index (κ3) is 6.21. The van der Waals surface area contributed by atoms with Gasteiger partial charge in [0, 0.05) is 43.3 Å². The van der Waals surface area contributed by atoms with Crippen molar-refractivity contribution in [2.75, 3.05) is 39.3 Å². The van der Waals surface area contributed by atoms with Crippen LogP contribution in [0.3, 0.4) is 0 Å². The van der Waals surface area contributed by atoms with Gasteiger partial charge in [-0.25, -0.2) is 0 Å². The molecule has 2 saturated heterocycles. The minimum absolute atomic E-state index is 0.325. The number of hydrogen-bond donors (Lipinski definition) is 0. The van der Waals surface area contributed by atoms with Crippen molar-refractivity contribution in [3.63, 3.8) is 0 Å². The van der Waals surface area contributed by atoms with Gasteiger partial charge < -0.3 is 0 Å². The molecule has 0 aromatic rings. The average molecular weight is 366 g/mol. The first-order chi connectivity index (χ1) is 12.0. The van der Waals surface area contributed by atoms with Crippen molar-refractivity contribution >= 4 is 0 Å². The van der Waals surface area contributed by atoms with Crippen LogP contribution in [0.15, 0.2) is 0 Å². The molecule has 0 saturated carbocycles. The van der Waals surface area contributed by atoms with E-state index >= 15 is 0 Å². The van der Waals surface area contributed by atoms with Crippen molar-refractivity contribution in [1.82, 2.24) is 14.7 Å². The van der Waals surface area contributed by atoms with Crippen LogP contribution >= 0.6 is 0 Å². The van der Waals surface area contributed by atoms with Gasteiger partial charge in [0.1, 0.15) is 0 Å². The van der Waals surface area contributed by atoms with E-state index in [-0.39, 0.29) is 0 Å². The normalized spacial score (nSPS) is 25.4. The maximum absolute atomic E-state index is 2.73. The van der Waals surface area contributed by atoms with E-state index in [1.165, 1.54) is 65.0 Å². The lowest BCUT2D eigenvalue weighted by molar-refractivity contribution is 0.0399. The molecular formula is C23H47N3. The van der Waals surface area contributed by atoms with Crippen LogP contribution in [0.2, 0.25) is 0 Å². The largest absolute Gasteiger partial charge is 0.298 e. The Morgan fingerprint density at radius 1 is 0.692 bits per heavy atom. The number of nitrogens with zero attached hydrogens (tertiary/aromatic N) is 3. The molecule has 0 spiro atoms. The molecular weight excluding hydrogens is 318 g/mol. The summed E-state index contributed by atoms with van der Waals surface area (Å²) in [6, 6.07) is 0.745. The Morgan fingerprint density at radius 3 is 1.62 bits per heavy atom. The Balaban J connectivity index is 1.69. The highest BCUT2D eigenvalue weighted by Crippen LogP contribution is 2.31. The monoisotopic (exact) mass is 365 g/mol. The summed E-state index contributed by atoms with van der Waals surface area (Å²) >= 11 is 0. The summed E-state index contributed by atoms with van der Waals surface area (Å²) < 4.78 is 0. The van der Waals surface area contributed by atoms with Crippen LogP contribution in [0.4, 0.5) is 0 Å². The Morgan fingerprint density at radius 2 is 1.15 bits per heavy atom. The summed E-state index contributed by atoms with van der Waals surface area (Å²) in [5.74, 6) is 1.83. The Labute approximate surface area is 164 Å². The molecule has 3 heteroatoms. The predicted molar refractivity (Wildman–Crippen MR) is 115 cm³/mol. The molecule has 0 radical (unpaired) electrons. The van der Waals surface area contributed by atoms with Gasteiger partial charge in [-0.1, -0.05) is 6.92 Å². The van der Waals surface area contributed by atoms with E-state index in [0.29, 0.717) is 11.1 Å². The summed E-state index contributed by atoms with van der Waals surface area (Å²) in [5, 5.41) is 0. The second-order valence-corrected chi connectivity index (χ2v) is 11.1. The third-order valence-electron chi connectivity index (χ3n) is 7.22. The minimum atomic E-state index is 0.325. The molecule has 154 valence electrons. The number of piperidine rings is 1. The van der Waals surface area contributed by atoms with Crippen LogP contribution in [0.1, 0.15) is 81.1 Å². The molecule has 0 N–H and O–H groups in total. The Bertz CT molecular complexity index is 364. The molecule has 0 aromatic carbocycles. The molecule has 0 bridgehead atoms. The molecule has 0 amide bonds. The molecule has 26 heavy (non-hydrogen) atoms. The molecule has 0 aromatic heterocycles. The van der Waals surface area contributed by atoms with E-state index in [0.717, 1.165) is 17.9 Å². The van der Waals surface area contributed by atoms with Crippen LogP contribution in [-0.4, -0.2) is 71.1 Å². The quantitative estimate of drug-likeness (QED) is 0.698. The van der Waals surface area contributed by atoms with E-state index < -0.39 is 0 Å². The van der Waals surface area contributed by atoms with Gasteiger partial charge in [-0.05, 0) is 99.1 Å². The summed E-state index contributed by atoms with van der Waals surface area (Å²) in [6.45, 7) is 26.6. The zero-order chi connectivity index (χ0) is 19.5. The number of hydrogen-bond acceptors (Lipinski definition) is 3. The minimum Gasteiger partial charge on any atom is -0.298 e. The Hall–Kier alpha value is -0.120. The first-order valence-corrected chi connectivity index (χ1v) is 11.2. The van der Waals surface area contributed by atoms with Crippen LogP contribution in [0, 0.1) is 11.8 Å². The topological polar surface area (TPSA) is 9.72 Å². The van der Waals surface area contributed by atoms with Crippen molar-refractivity contribution in [3.8, 4) is 0 Å². The fourth-order valence-corrected chi connectivity index (χ4v) is 4.90. The van der Waals surface area contributed by atoms with Crippen molar-refractivity contribution in [3.05, 3.63) is 0 Å². The fraction of sp³-hybridized carbons (Fsp3) is 1.00. The predicted octanol–water partition coefficient (Wildman–Crippen LogP) is 4.72. The molecule has 3 nitrogen and oxygen atoms in total. The van der Waals surface area contributed by atoms with E-state index in [1.54, 1.807) is 0 Å². The van der Waals surface area contributed by atoms with Gasteiger partial charge in [-0.3, -0.25) is 14.7 Å². The maximum Gasteiger partial charge on any atom is 0.0126 e. The number of rotatable bonds is 5. The highest BCUT2D eigenvalue weighted by atomic mass is 15.3. The Kier molecular flexibility index (Phi) is 7.61. The van der Waals surface area contributed by atoms with E-state index in [1.807, 2.05) is 0 Å². The van der Waals surface area contributed by atoms with E-state index in [9.17, 15) is 0 Å². The zero-order valence-corrected chi connectivity index (χ0v) is 19.1. The van der Waals surface area contributed by atoms with Gasteiger partial charge >= 0.3 is 0 Å². The van der Waals surface area contributed by atoms with E-state index in [4.69, 9.17) is 0 Å². The zero-order valence-electron chi connectivity index (χ0n) is 19.1. The molecule has 2 rings (SSSR count). The molecule has 2 fully saturated rings. The lowest BCUT2D eigenvalue weighted by atomic mass is 9.81. The number of likely N-dealkylation sites (tertiary alicyclic amines) is 1. The van der Waals surface area contributed by atoms with Gasteiger partial charge in [0.25, 0.3) is 0 Å². The SMILES string of the molecule is CC(CCC(C)N1CCN(C(C)(C)C)CC1)C1CCN(C(C)(C)C)CC1. The lowest BCUT2D eigenvalue weighted by Gasteiger charge is -2.44. The van der Waals surface area contributed by atoms with Gasteiger partial charge in [0.05, 0.1) is 0 Å². The summed E-state index contributed by atoms with van der Waals surface area (Å²) in [7, 11) is 0. The molecule has 2 atom stereocenters. The smallest absolute Gasteiger partial charge is 0.0126 e. The highest BCUT2D eigenvalue weighted by molar-refractivity contribution is 4.85. The average Bonchev–Trinajstić information content (AvgIpc) is 2.58. The van der Waals surface area contributed by atoms with Crippen LogP contribution in [0.25, 0.3) is 0 Å². The number of piperazine rings is 1. The standard InChI is InChI=1S/C23H47N3/c1-19(21-11-13-25(14-12-21)22(3,4)5)9-10-20(2)24-15-17-26(18-16-24)23(6,7)8/h19-21H,9-18H2,1-8H3. The molecule has 0 aliphatic carbocycles. The van der Waals surface area contributed by atoms with Gasteiger partial charge in [-0.15, -0.1) is 0 Å². The second-order valence-electron chi connectivity index (χ2n) is 11.1. The summed E-state index contributed by atoms with van der Waals surface area (Å²) in [5.41, 5.74) is 0.670. The molecule has 2 aliphatic heterocycles. The highest BCUT2D eigenvalue weighted by Gasteiger charge is 2.30. The van der Waals surface area contributed by atoms with Crippen molar-refractivity contribution < 1.29 is 0 Å². The van der Waals surface area contributed by atoms with Gasteiger partial charge in [0.15, 0.2) is 0 Å². The fourth-order valence-electron chi connectivity index (χ4n) is 4.90. The third-order valence-corrected chi connectivity index (χ3v) is 7.22. The van der Waals surface area contributed by atoms with Gasteiger partial charge in [-0.2, -0.15) is 0 Å². The molecule has 2 heterocycles. The first kappa shape index (κ1) is 22.2. The van der Waals surface area contributed by atoms with Crippen LogP contribution in [0.5, 0.6) is 0 Å². The maximum atomic E-state index is 2.73. The van der Waals surface area contributed by atoms with Crippen LogP contribution in [-0.2, 0) is 0 Å². The van der Waals surface area contributed by atoms with Gasteiger partial charge in [0.2, 0.25) is 0 Å². The second kappa shape index (κ2) is 8.92. The summed E-state index contributed by atoms with van der Waals surface area (Å²) in [4.78, 5) is 8.05. The molecule has 2 unspecified atom stereocenters. The lowest BCUT2D eigenvalue weighted by Crippen LogP contribution is -2.55. The van der Waals surface area contributed by atoms with E-state index in [2.05, 4.69) is 70.1 Å². The van der Waals surface area contributed by atoms with Crippen molar-refractivity contribution in [2.45, 2.75) is 98.2 Å². The van der Waals surface area contributed by atoms with Crippen LogP contribution < -0.4 is 0 Å².